The summed E-state index contributed by atoms with van der Waals surface area (Å²) in [4.78, 5) is 17.4. The number of hydrogen-bond acceptors (Lipinski definition) is 4. The van der Waals surface area contributed by atoms with Gasteiger partial charge in [-0.25, -0.2) is 4.98 Å². The molecule has 2 rings (SSSR count). The van der Waals surface area contributed by atoms with Crippen molar-refractivity contribution < 1.29 is 4.79 Å². The fourth-order valence-corrected chi connectivity index (χ4v) is 2.62. The van der Waals surface area contributed by atoms with Gasteiger partial charge in [-0.05, 0) is 25.3 Å². The number of primary amides is 1. The van der Waals surface area contributed by atoms with Gasteiger partial charge in [-0.15, -0.1) is 0 Å². The largest absolute Gasteiger partial charge is 0.382 e. The van der Waals surface area contributed by atoms with Crippen LogP contribution in [-0.2, 0) is 4.79 Å². The van der Waals surface area contributed by atoms with Crippen molar-refractivity contribution in [2.24, 2.45) is 5.73 Å². The van der Waals surface area contributed by atoms with Crippen LogP contribution < -0.4 is 16.4 Å². The fraction of sp³-hybridized carbons (Fsp3) is 0.455. The molecule has 1 fully saturated rings. The van der Waals surface area contributed by atoms with Crippen LogP contribution in [0.4, 0.5) is 11.6 Å². The van der Waals surface area contributed by atoms with E-state index in [1.165, 1.54) is 6.07 Å². The molecule has 1 aromatic heterocycles. The molecule has 1 aromatic rings. The normalized spacial score (nSPS) is 19.9. The number of aromatic nitrogens is 1. The molecule has 0 radical (unpaired) electrons. The van der Waals surface area contributed by atoms with Gasteiger partial charge in [0.05, 0.1) is 10.0 Å². The Bertz CT molecular complexity index is 480. The number of rotatable bonds is 2. The van der Waals surface area contributed by atoms with E-state index < -0.39 is 0 Å². The van der Waals surface area contributed by atoms with Crippen LogP contribution in [0.5, 0.6) is 0 Å². The first kappa shape index (κ1) is 13.2. The number of carbonyl (C=O) groups excluding carboxylic acids is 1. The summed E-state index contributed by atoms with van der Waals surface area (Å²) in [6.45, 7) is 0.682. The lowest BCUT2D eigenvalue weighted by atomic mass is 10.0. The minimum atomic E-state index is -0.385. The quantitative estimate of drug-likeness (QED) is 0.869. The lowest BCUT2D eigenvalue weighted by molar-refractivity contribution is -0.119. The standard InChI is InChI=1S/C11H14Cl2N4O/c12-6-5-7(13)11(16-9(6)14)17-4-2-1-3-8(17)10(15)18/h5,8H,1-4H2,(H2,14,16)(H2,15,18). The maximum atomic E-state index is 11.5. The van der Waals surface area contributed by atoms with Crippen molar-refractivity contribution in [2.75, 3.05) is 17.2 Å². The molecule has 0 saturated carbocycles. The number of amides is 1. The molecule has 1 saturated heterocycles. The SMILES string of the molecule is NC(=O)C1CCCCN1c1nc(N)c(Cl)cc1Cl. The zero-order chi connectivity index (χ0) is 13.3. The molecular weight excluding hydrogens is 275 g/mol. The van der Waals surface area contributed by atoms with E-state index in [2.05, 4.69) is 4.98 Å². The molecule has 1 unspecified atom stereocenters. The van der Waals surface area contributed by atoms with Crippen molar-refractivity contribution in [2.45, 2.75) is 25.3 Å². The Morgan fingerprint density at radius 1 is 1.39 bits per heavy atom. The third-order valence-corrected chi connectivity index (χ3v) is 3.62. The van der Waals surface area contributed by atoms with Gasteiger partial charge in [-0.3, -0.25) is 4.79 Å². The minimum Gasteiger partial charge on any atom is -0.382 e. The van der Waals surface area contributed by atoms with Crippen molar-refractivity contribution in [3.05, 3.63) is 16.1 Å². The first-order valence-corrected chi connectivity index (χ1v) is 6.43. The third kappa shape index (κ3) is 2.47. The second kappa shape index (κ2) is 5.20. The van der Waals surface area contributed by atoms with Crippen LogP contribution in [0.3, 0.4) is 0 Å². The number of piperidine rings is 1. The summed E-state index contributed by atoms with van der Waals surface area (Å²) in [5.41, 5.74) is 11.1. The number of nitrogens with two attached hydrogens (primary N) is 2. The molecule has 0 bridgehead atoms. The van der Waals surface area contributed by atoms with Crippen LogP contribution in [0, 0.1) is 0 Å². The van der Waals surface area contributed by atoms with E-state index in [4.69, 9.17) is 34.7 Å². The van der Waals surface area contributed by atoms with E-state index >= 15 is 0 Å². The van der Waals surface area contributed by atoms with Gasteiger partial charge in [0, 0.05) is 6.54 Å². The summed E-state index contributed by atoms with van der Waals surface area (Å²) in [5, 5.41) is 0.679. The number of nitrogen functional groups attached to an aromatic ring is 1. The van der Waals surface area contributed by atoms with Crippen molar-refractivity contribution in [3.63, 3.8) is 0 Å². The minimum absolute atomic E-state index is 0.199. The van der Waals surface area contributed by atoms with Crippen LogP contribution in [0.15, 0.2) is 6.07 Å². The Balaban J connectivity index is 2.39. The zero-order valence-corrected chi connectivity index (χ0v) is 11.2. The number of pyridine rings is 1. The predicted molar refractivity (Wildman–Crippen MR) is 72.8 cm³/mol. The summed E-state index contributed by atoms with van der Waals surface area (Å²) in [6.07, 6.45) is 2.63. The van der Waals surface area contributed by atoms with Gasteiger partial charge in [0.15, 0.2) is 5.82 Å². The van der Waals surface area contributed by atoms with Gasteiger partial charge >= 0.3 is 0 Å². The molecular formula is C11H14Cl2N4O. The van der Waals surface area contributed by atoms with E-state index in [9.17, 15) is 4.79 Å². The molecule has 1 aliphatic heterocycles. The van der Waals surface area contributed by atoms with Gasteiger partial charge in [0.25, 0.3) is 0 Å². The van der Waals surface area contributed by atoms with E-state index in [1.54, 1.807) is 4.90 Å². The van der Waals surface area contributed by atoms with E-state index in [0.29, 0.717) is 28.8 Å². The van der Waals surface area contributed by atoms with Crippen LogP contribution in [0.25, 0.3) is 0 Å². The summed E-state index contributed by atoms with van der Waals surface area (Å²) in [7, 11) is 0. The molecule has 18 heavy (non-hydrogen) atoms. The maximum Gasteiger partial charge on any atom is 0.240 e. The summed E-state index contributed by atoms with van der Waals surface area (Å²) >= 11 is 12.0. The highest BCUT2D eigenvalue weighted by Crippen LogP contribution is 2.33. The number of nitrogens with zero attached hydrogens (tertiary/aromatic N) is 2. The summed E-state index contributed by atoms with van der Waals surface area (Å²) in [5.74, 6) is 0.299. The lowest BCUT2D eigenvalue weighted by Gasteiger charge is -2.35. The van der Waals surface area contributed by atoms with Crippen molar-refractivity contribution in [1.82, 2.24) is 4.98 Å². The molecule has 0 aromatic carbocycles. The second-order valence-electron chi connectivity index (χ2n) is 4.27. The Morgan fingerprint density at radius 2 is 2.11 bits per heavy atom. The number of carbonyl (C=O) groups is 1. The smallest absolute Gasteiger partial charge is 0.240 e. The van der Waals surface area contributed by atoms with Crippen LogP contribution in [-0.4, -0.2) is 23.5 Å². The first-order valence-electron chi connectivity index (χ1n) is 5.68. The first-order chi connectivity index (χ1) is 8.50. The van der Waals surface area contributed by atoms with Crippen molar-refractivity contribution in [1.29, 1.82) is 0 Å². The molecule has 5 nitrogen and oxygen atoms in total. The maximum absolute atomic E-state index is 11.5. The Kier molecular flexibility index (Phi) is 3.82. The Morgan fingerprint density at radius 3 is 2.78 bits per heavy atom. The monoisotopic (exact) mass is 288 g/mol. The Labute approximate surface area is 115 Å². The molecule has 1 aliphatic rings. The molecule has 2 heterocycles. The molecule has 7 heteroatoms. The molecule has 4 N–H and O–H groups in total. The van der Waals surface area contributed by atoms with E-state index in [-0.39, 0.29) is 17.8 Å². The second-order valence-corrected chi connectivity index (χ2v) is 5.08. The van der Waals surface area contributed by atoms with Crippen LogP contribution in [0.2, 0.25) is 10.0 Å². The number of halogens is 2. The van der Waals surface area contributed by atoms with Crippen LogP contribution >= 0.6 is 23.2 Å². The summed E-state index contributed by atoms with van der Waals surface area (Å²) < 4.78 is 0. The average Bonchev–Trinajstić information content (AvgIpc) is 2.34. The molecule has 1 atom stereocenters. The van der Waals surface area contributed by atoms with Gasteiger partial charge in [-0.2, -0.15) is 0 Å². The fourth-order valence-electron chi connectivity index (χ4n) is 2.15. The Hall–Kier alpha value is -1.20. The van der Waals surface area contributed by atoms with E-state index in [1.807, 2.05) is 0 Å². The van der Waals surface area contributed by atoms with Gasteiger partial charge in [-0.1, -0.05) is 23.2 Å². The average molecular weight is 289 g/mol. The highest BCUT2D eigenvalue weighted by atomic mass is 35.5. The van der Waals surface area contributed by atoms with E-state index in [0.717, 1.165) is 12.8 Å². The van der Waals surface area contributed by atoms with Crippen molar-refractivity contribution >= 4 is 40.7 Å². The highest BCUT2D eigenvalue weighted by Gasteiger charge is 2.29. The lowest BCUT2D eigenvalue weighted by Crippen LogP contribution is -2.48. The van der Waals surface area contributed by atoms with Gasteiger partial charge in [0.1, 0.15) is 11.9 Å². The summed E-state index contributed by atoms with van der Waals surface area (Å²) in [6, 6.07) is 1.15. The van der Waals surface area contributed by atoms with Crippen molar-refractivity contribution in [3.8, 4) is 0 Å². The molecule has 0 aliphatic carbocycles. The van der Waals surface area contributed by atoms with Crippen LogP contribution in [0.1, 0.15) is 19.3 Å². The zero-order valence-electron chi connectivity index (χ0n) is 9.70. The molecule has 1 amide bonds. The molecule has 98 valence electrons. The predicted octanol–water partition coefficient (Wildman–Crippen LogP) is 1.81. The molecule has 0 spiro atoms. The van der Waals surface area contributed by atoms with Gasteiger partial charge in [0.2, 0.25) is 5.91 Å². The topological polar surface area (TPSA) is 85.2 Å². The highest BCUT2D eigenvalue weighted by molar-refractivity contribution is 6.37. The third-order valence-electron chi connectivity index (χ3n) is 3.04. The number of anilines is 2. The number of hydrogen-bond donors (Lipinski definition) is 2. The van der Waals surface area contributed by atoms with Gasteiger partial charge < -0.3 is 16.4 Å².